The smallest absolute Gasteiger partial charge is 0.272 e. The lowest BCUT2D eigenvalue weighted by Crippen LogP contribution is -2.67. The fourth-order valence-corrected chi connectivity index (χ4v) is 5.00. The van der Waals surface area contributed by atoms with Crippen molar-refractivity contribution in [2.24, 2.45) is 0 Å². The highest BCUT2D eigenvalue weighted by atomic mass is 16.5. The second-order valence-corrected chi connectivity index (χ2v) is 8.10. The Kier molecular flexibility index (Phi) is 4.11. The lowest BCUT2D eigenvalue weighted by atomic mass is 9.69. The monoisotopic (exact) mass is 392 g/mol. The van der Waals surface area contributed by atoms with Gasteiger partial charge in [-0.3, -0.25) is 14.7 Å². The lowest BCUT2D eigenvalue weighted by molar-refractivity contribution is 0.00803. The highest BCUT2D eigenvalue weighted by Gasteiger charge is 2.53. The van der Waals surface area contributed by atoms with Gasteiger partial charge in [-0.2, -0.15) is 0 Å². The Hall–Kier alpha value is -2.90. The van der Waals surface area contributed by atoms with Gasteiger partial charge in [-0.25, -0.2) is 0 Å². The number of ether oxygens (including phenoxy) is 1. The van der Waals surface area contributed by atoms with E-state index in [1.54, 1.807) is 19.4 Å². The van der Waals surface area contributed by atoms with Gasteiger partial charge in [-0.15, -0.1) is 0 Å². The first-order chi connectivity index (χ1) is 14.1. The van der Waals surface area contributed by atoms with Crippen molar-refractivity contribution in [1.29, 1.82) is 0 Å². The average Bonchev–Trinajstić information content (AvgIpc) is 3.10. The fourth-order valence-electron chi connectivity index (χ4n) is 5.00. The van der Waals surface area contributed by atoms with Gasteiger partial charge in [0.05, 0.1) is 19.8 Å². The Bertz CT molecular complexity index is 1070. The number of hydrogen-bond acceptors (Lipinski definition) is 5. The lowest BCUT2D eigenvalue weighted by Gasteiger charge is -2.55. The Morgan fingerprint density at radius 3 is 2.83 bits per heavy atom. The van der Waals surface area contributed by atoms with Crippen molar-refractivity contribution in [3.63, 3.8) is 0 Å². The molecule has 2 aliphatic heterocycles. The molecule has 1 saturated heterocycles. The first-order valence-electron chi connectivity index (χ1n) is 9.78. The number of aliphatic hydroxyl groups is 1. The third-order valence-electron chi connectivity index (χ3n) is 6.31. The fraction of sp³-hybridized carbons (Fsp3) is 0.364. The number of fused-ring (bicyclic) bond motifs is 4. The number of methoxy groups -OCH3 is 1. The number of likely N-dealkylation sites (tertiary alicyclic amines) is 1. The zero-order valence-corrected chi connectivity index (χ0v) is 16.6. The van der Waals surface area contributed by atoms with Crippen molar-refractivity contribution in [3.8, 4) is 5.75 Å². The predicted molar refractivity (Wildman–Crippen MR) is 109 cm³/mol. The van der Waals surface area contributed by atoms with Crippen LogP contribution in [0.1, 0.15) is 27.8 Å². The minimum Gasteiger partial charge on any atom is -0.497 e. The van der Waals surface area contributed by atoms with Gasteiger partial charge < -0.3 is 19.7 Å². The molecule has 1 aromatic carbocycles. The second-order valence-electron chi connectivity index (χ2n) is 8.10. The van der Waals surface area contributed by atoms with Gasteiger partial charge in [0.1, 0.15) is 11.4 Å². The van der Waals surface area contributed by atoms with Crippen LogP contribution in [-0.4, -0.2) is 71.2 Å². The number of pyridine rings is 1. The Labute approximate surface area is 168 Å². The largest absolute Gasteiger partial charge is 0.497 e. The van der Waals surface area contributed by atoms with E-state index in [0.717, 1.165) is 28.9 Å². The number of nitrogens with zero attached hydrogens (tertiary/aromatic N) is 3. The molecule has 2 N–H and O–H groups in total. The average molecular weight is 392 g/mol. The molecule has 0 saturated carbocycles. The third kappa shape index (κ3) is 2.65. The summed E-state index contributed by atoms with van der Waals surface area (Å²) in [5.74, 6) is 0.755. The van der Waals surface area contributed by atoms with E-state index in [2.05, 4.69) is 20.9 Å². The predicted octanol–water partition coefficient (Wildman–Crippen LogP) is 1.94. The molecule has 1 spiro atoms. The molecule has 150 valence electrons. The molecular formula is C22H24N4O3. The van der Waals surface area contributed by atoms with Crippen LogP contribution in [0.3, 0.4) is 0 Å². The van der Waals surface area contributed by atoms with Gasteiger partial charge in [0.2, 0.25) is 0 Å². The standard InChI is InChI=1S/C22H24N4O3/c1-25-11-22(12-26(13-22)21(28)16-5-3-4-8-23-16)19-15-7-6-14(29-2)9-17(15)24-20(19)18(25)10-27/h3-9,18,24,27H,10-13H2,1-2H3/t18-/m0/s1. The normalized spacial score (nSPS) is 20.5. The summed E-state index contributed by atoms with van der Waals surface area (Å²) in [4.78, 5) is 24.6. The van der Waals surface area contributed by atoms with E-state index in [0.29, 0.717) is 18.8 Å². The summed E-state index contributed by atoms with van der Waals surface area (Å²) >= 11 is 0. The summed E-state index contributed by atoms with van der Waals surface area (Å²) in [6.45, 7) is 2.10. The van der Waals surface area contributed by atoms with E-state index in [4.69, 9.17) is 4.74 Å². The maximum absolute atomic E-state index is 12.8. The Balaban J connectivity index is 1.55. The summed E-state index contributed by atoms with van der Waals surface area (Å²) in [5.41, 5.74) is 3.57. The number of likely N-dealkylation sites (N-methyl/N-ethyl adjacent to an activating group) is 1. The highest BCUT2D eigenvalue weighted by molar-refractivity contribution is 5.94. The van der Waals surface area contributed by atoms with Gasteiger partial charge in [0, 0.05) is 53.9 Å². The SMILES string of the molecule is COc1ccc2c3c([nH]c2c1)[C@H](CO)N(C)CC31CN(C(=O)c2ccccn2)C1. The number of aromatic amines is 1. The van der Waals surface area contributed by atoms with E-state index in [-0.39, 0.29) is 24.0 Å². The molecule has 29 heavy (non-hydrogen) atoms. The number of aromatic nitrogens is 2. The van der Waals surface area contributed by atoms with Crippen molar-refractivity contribution in [1.82, 2.24) is 19.8 Å². The summed E-state index contributed by atoms with van der Waals surface area (Å²) in [5, 5.41) is 11.2. The number of carbonyl (C=O) groups is 1. The molecule has 1 amide bonds. The van der Waals surface area contributed by atoms with E-state index < -0.39 is 0 Å². The number of H-pyrrole nitrogens is 1. The van der Waals surface area contributed by atoms with Gasteiger partial charge in [0.25, 0.3) is 5.91 Å². The number of carbonyl (C=O) groups excluding carboxylic acids is 1. The van der Waals surface area contributed by atoms with Crippen LogP contribution in [0.5, 0.6) is 5.75 Å². The summed E-state index contributed by atoms with van der Waals surface area (Å²) in [7, 11) is 3.68. The number of aliphatic hydroxyl groups excluding tert-OH is 1. The van der Waals surface area contributed by atoms with Crippen LogP contribution in [0.15, 0.2) is 42.6 Å². The van der Waals surface area contributed by atoms with Crippen LogP contribution in [0.25, 0.3) is 10.9 Å². The Morgan fingerprint density at radius 1 is 1.31 bits per heavy atom. The molecule has 2 aromatic heterocycles. The summed E-state index contributed by atoms with van der Waals surface area (Å²) in [6, 6.07) is 11.3. The molecule has 7 heteroatoms. The maximum atomic E-state index is 12.8. The van der Waals surface area contributed by atoms with Crippen LogP contribution < -0.4 is 4.74 Å². The van der Waals surface area contributed by atoms with Gasteiger partial charge in [-0.1, -0.05) is 6.07 Å². The highest BCUT2D eigenvalue weighted by Crippen LogP contribution is 2.48. The zero-order chi connectivity index (χ0) is 20.2. The molecule has 4 heterocycles. The minimum atomic E-state index is -0.160. The quantitative estimate of drug-likeness (QED) is 0.712. The van der Waals surface area contributed by atoms with Crippen molar-refractivity contribution in [2.45, 2.75) is 11.5 Å². The van der Waals surface area contributed by atoms with Crippen LogP contribution in [0, 0.1) is 0 Å². The number of benzene rings is 1. The van der Waals surface area contributed by atoms with Crippen LogP contribution in [0.2, 0.25) is 0 Å². The molecule has 3 aromatic rings. The molecule has 0 aliphatic carbocycles. The van der Waals surface area contributed by atoms with Gasteiger partial charge >= 0.3 is 0 Å². The maximum Gasteiger partial charge on any atom is 0.272 e. The van der Waals surface area contributed by atoms with Crippen molar-refractivity contribution in [2.75, 3.05) is 40.4 Å². The third-order valence-corrected chi connectivity index (χ3v) is 6.31. The summed E-state index contributed by atoms with van der Waals surface area (Å²) < 4.78 is 5.38. The summed E-state index contributed by atoms with van der Waals surface area (Å²) in [6.07, 6.45) is 1.65. The molecule has 0 bridgehead atoms. The first kappa shape index (κ1) is 18.1. The molecule has 1 fully saturated rings. The van der Waals surface area contributed by atoms with E-state index in [1.165, 1.54) is 5.56 Å². The molecule has 0 unspecified atom stereocenters. The second kappa shape index (κ2) is 6.57. The molecule has 7 nitrogen and oxygen atoms in total. The van der Waals surface area contributed by atoms with E-state index in [1.807, 2.05) is 36.2 Å². The molecule has 0 radical (unpaired) electrons. The number of rotatable bonds is 3. The van der Waals surface area contributed by atoms with Crippen LogP contribution in [-0.2, 0) is 5.41 Å². The number of nitrogens with one attached hydrogen (secondary N) is 1. The van der Waals surface area contributed by atoms with Crippen molar-refractivity contribution < 1.29 is 14.6 Å². The molecule has 2 aliphatic rings. The van der Waals surface area contributed by atoms with Crippen LogP contribution >= 0.6 is 0 Å². The molecule has 1 atom stereocenters. The van der Waals surface area contributed by atoms with Crippen molar-refractivity contribution >= 4 is 16.8 Å². The zero-order valence-electron chi connectivity index (χ0n) is 16.6. The van der Waals surface area contributed by atoms with E-state index in [9.17, 15) is 9.90 Å². The number of hydrogen-bond donors (Lipinski definition) is 2. The first-order valence-corrected chi connectivity index (χ1v) is 9.78. The van der Waals surface area contributed by atoms with Crippen LogP contribution in [0.4, 0.5) is 0 Å². The van der Waals surface area contributed by atoms with Crippen molar-refractivity contribution in [3.05, 3.63) is 59.5 Å². The Morgan fingerprint density at radius 2 is 2.14 bits per heavy atom. The van der Waals surface area contributed by atoms with E-state index >= 15 is 0 Å². The topological polar surface area (TPSA) is 81.7 Å². The van der Waals surface area contributed by atoms with Gasteiger partial charge in [0.15, 0.2) is 0 Å². The van der Waals surface area contributed by atoms with Gasteiger partial charge in [-0.05, 0) is 36.9 Å². The molecular weight excluding hydrogens is 368 g/mol. The minimum absolute atomic E-state index is 0.0359. The molecule has 5 rings (SSSR count). The number of amides is 1.